The zero-order chi connectivity index (χ0) is 31.3. The number of carbonyl (C=O) groups is 1. The third-order valence-corrected chi connectivity index (χ3v) is 13.9. The summed E-state index contributed by atoms with van der Waals surface area (Å²) in [5.41, 5.74) is -8.62. The molecule has 8 rings (SSSR count). The van der Waals surface area contributed by atoms with Gasteiger partial charge in [-0.2, -0.15) is 0 Å². The van der Waals surface area contributed by atoms with Crippen molar-refractivity contribution in [1.82, 2.24) is 10.1 Å². The van der Waals surface area contributed by atoms with Crippen LogP contribution in [-0.4, -0.2) is 90.5 Å². The van der Waals surface area contributed by atoms with E-state index in [0.29, 0.717) is 25.0 Å². The highest BCUT2D eigenvalue weighted by Crippen LogP contribution is 2.94. The Morgan fingerprint density at radius 2 is 2.00 bits per heavy atom. The van der Waals surface area contributed by atoms with E-state index in [0.717, 1.165) is 0 Å². The van der Waals surface area contributed by atoms with Crippen LogP contribution < -0.4 is 10.8 Å². The van der Waals surface area contributed by atoms with E-state index in [1.54, 1.807) is 26.8 Å². The molecule has 3 saturated heterocycles. The third-order valence-electron chi connectivity index (χ3n) is 12.3. The van der Waals surface area contributed by atoms with Crippen LogP contribution in [0.2, 0.25) is 0 Å². The second-order valence-corrected chi connectivity index (χ2v) is 15.8. The van der Waals surface area contributed by atoms with E-state index in [1.807, 2.05) is 0 Å². The Balaban J connectivity index is 1.53. The maximum Gasteiger partial charge on any atom is 0.406 e. The number of aromatic amines is 1. The molecule has 4 heterocycles. The number of rotatable bonds is 8. The minimum atomic E-state index is -4.39. The van der Waals surface area contributed by atoms with Crippen molar-refractivity contribution in [3.63, 3.8) is 0 Å². The highest BCUT2D eigenvalue weighted by atomic mass is 31.2. The fraction of sp³-hybridized carbons (Fsp3) is 0.759. The summed E-state index contributed by atoms with van der Waals surface area (Å²) in [6, 6.07) is 3.09. The van der Waals surface area contributed by atoms with Gasteiger partial charge in [0.1, 0.15) is 28.6 Å². The lowest BCUT2D eigenvalue weighted by atomic mass is 9.52. The van der Waals surface area contributed by atoms with Gasteiger partial charge in [-0.25, -0.2) is 14.4 Å². The lowest BCUT2D eigenvalue weighted by molar-refractivity contribution is -0.381. The lowest BCUT2D eigenvalue weighted by Crippen LogP contribution is -2.77. The molecule has 43 heavy (non-hydrogen) atoms. The van der Waals surface area contributed by atoms with E-state index in [1.165, 1.54) is 19.2 Å². The Kier molecular flexibility index (Phi) is 5.86. The summed E-state index contributed by atoms with van der Waals surface area (Å²) >= 11 is 0. The molecule has 0 aromatic carbocycles. The number of aromatic nitrogens is 1. The average Bonchev–Trinajstić information content (AvgIpc) is 3.57. The number of aliphatic hydroxyl groups is 4. The Labute approximate surface area is 249 Å². The zero-order valence-corrected chi connectivity index (χ0v) is 25.8. The van der Waals surface area contributed by atoms with Gasteiger partial charge in [0.2, 0.25) is 0 Å². The van der Waals surface area contributed by atoms with Gasteiger partial charge in [-0.1, -0.05) is 27.4 Å². The van der Waals surface area contributed by atoms with E-state index >= 15 is 0 Å². The first-order valence-corrected chi connectivity index (χ1v) is 16.6. The Bertz CT molecular complexity index is 1460. The summed E-state index contributed by atoms with van der Waals surface area (Å²) in [4.78, 5) is 16.4. The van der Waals surface area contributed by atoms with Crippen LogP contribution in [0.25, 0.3) is 0 Å². The maximum atomic E-state index is 14.7. The number of H-pyrrole nitrogens is 1. The molecule has 238 valence electrons. The maximum absolute atomic E-state index is 14.7. The summed E-state index contributed by atoms with van der Waals surface area (Å²) < 4.78 is 40.2. The van der Waals surface area contributed by atoms with E-state index in [4.69, 9.17) is 24.3 Å². The molecule has 6 bridgehead atoms. The molecule has 4 aliphatic carbocycles. The Hall–Kier alpha value is -1.64. The van der Waals surface area contributed by atoms with Crippen molar-refractivity contribution in [2.24, 2.45) is 22.5 Å². The second kappa shape index (κ2) is 8.38. The highest BCUT2D eigenvalue weighted by Gasteiger charge is 3.12. The molecule has 1 aromatic rings. The predicted molar refractivity (Wildman–Crippen MR) is 150 cm³/mol. The second-order valence-electron chi connectivity index (χ2n) is 14.0. The van der Waals surface area contributed by atoms with Crippen molar-refractivity contribution in [1.29, 1.82) is 0 Å². The number of esters is 1. The third kappa shape index (κ3) is 2.66. The molecule has 2 spiro atoms. The smallest absolute Gasteiger partial charge is 0.406 e. The van der Waals surface area contributed by atoms with Gasteiger partial charge in [0, 0.05) is 24.6 Å². The molecule has 13 nitrogen and oxygen atoms in total. The Morgan fingerprint density at radius 3 is 2.63 bits per heavy atom. The van der Waals surface area contributed by atoms with Crippen molar-refractivity contribution >= 4 is 13.7 Å². The van der Waals surface area contributed by atoms with Crippen molar-refractivity contribution in [3.05, 3.63) is 36.2 Å². The lowest BCUT2D eigenvalue weighted by Gasteiger charge is -2.60. The van der Waals surface area contributed by atoms with Crippen LogP contribution in [0.3, 0.4) is 0 Å². The molecule has 1 unspecified atom stereocenters. The monoisotopic (exact) mass is 623 g/mol. The molecule has 4 saturated carbocycles. The molecule has 3 aliphatic heterocycles. The number of nitrogens with two attached hydrogens (primary N) is 1. The number of nitrogens with one attached hydrogen (secondary N) is 2. The van der Waals surface area contributed by atoms with Crippen LogP contribution in [0.1, 0.15) is 70.3 Å². The SMILES string of the molecule is C=C1CC[C@]2(O)[C@]3(C)C[C@]4(O)O[C@]25[C@@H]1O[P@](=O)(NCCCCN)O[C@@]51[C@@]3(O)[C@H](OC(=O)c2ccc[nH]2)C(O)(C(C)C)[C@]14C. The minimum Gasteiger partial charge on any atom is -0.451 e. The predicted octanol–water partition coefficient (Wildman–Crippen LogP) is 1.23. The van der Waals surface area contributed by atoms with Gasteiger partial charge in [0.05, 0.1) is 5.41 Å². The molecule has 0 radical (unpaired) electrons. The summed E-state index contributed by atoms with van der Waals surface area (Å²) in [6.07, 6.45) is -0.459. The van der Waals surface area contributed by atoms with Crippen LogP contribution >= 0.6 is 7.75 Å². The van der Waals surface area contributed by atoms with Crippen LogP contribution in [-0.2, 0) is 23.1 Å². The van der Waals surface area contributed by atoms with Crippen molar-refractivity contribution in [3.8, 4) is 0 Å². The molecule has 7 fully saturated rings. The number of hydrogen-bond acceptors (Lipinski definition) is 11. The first kappa shape index (κ1) is 30.0. The van der Waals surface area contributed by atoms with Gasteiger partial charge in [-0.05, 0) is 62.8 Å². The minimum absolute atomic E-state index is 0.0351. The van der Waals surface area contributed by atoms with Gasteiger partial charge >= 0.3 is 13.7 Å². The van der Waals surface area contributed by atoms with Crippen molar-refractivity contribution < 1.29 is 48.3 Å². The molecular weight excluding hydrogens is 581 g/mol. The summed E-state index contributed by atoms with van der Waals surface area (Å²) in [6.45, 7) is 11.2. The number of carbonyl (C=O) groups excluding carboxylic acids is 1. The fourth-order valence-electron chi connectivity index (χ4n) is 10.5. The largest absolute Gasteiger partial charge is 0.451 e. The van der Waals surface area contributed by atoms with Gasteiger partial charge in [-0.3, -0.25) is 9.05 Å². The van der Waals surface area contributed by atoms with Crippen LogP contribution in [0, 0.1) is 16.7 Å². The standard InChI is InChI=1S/C29H42N3O10P/c1-16(2)26(36)21(39-20(33)18-9-8-13-31-18)27(37)22(4)15-25(35)23(26,5)29(27)28(41-25)19(17(3)10-11-24(22,28)34)40-43(38,42-29)32-14-7-6-12-30/h8-9,13,16,19,21,31,34-37H,3,6-7,10-12,14-15,30H2,1-2,4-5H3,(H,32,38)/t19-,21-,22+,23-,24+,25+,26?,27-,28-,29+,43-/m1/s1. The normalized spacial score (nSPS) is 54.0. The molecule has 11 atom stereocenters. The molecule has 1 aromatic heterocycles. The van der Waals surface area contributed by atoms with E-state index in [9.17, 15) is 29.8 Å². The Morgan fingerprint density at radius 1 is 1.28 bits per heavy atom. The summed E-state index contributed by atoms with van der Waals surface area (Å²) in [5, 5.41) is 54.9. The fourth-order valence-corrected chi connectivity index (χ4v) is 12.5. The molecule has 14 heteroatoms. The highest BCUT2D eigenvalue weighted by molar-refractivity contribution is 7.51. The van der Waals surface area contributed by atoms with Crippen molar-refractivity contribution in [2.75, 3.05) is 13.1 Å². The van der Waals surface area contributed by atoms with Gasteiger partial charge < -0.3 is 40.6 Å². The number of unbranched alkanes of at least 4 members (excludes halogenated alkanes) is 1. The van der Waals surface area contributed by atoms with E-state index < -0.39 is 76.5 Å². The van der Waals surface area contributed by atoms with E-state index in [-0.39, 0.29) is 31.5 Å². The van der Waals surface area contributed by atoms with Crippen LogP contribution in [0.4, 0.5) is 0 Å². The molecule has 7 aliphatic rings. The summed E-state index contributed by atoms with van der Waals surface area (Å²) in [7, 11) is -4.39. The number of hydrogen-bond donors (Lipinski definition) is 7. The number of ether oxygens (including phenoxy) is 2. The quantitative estimate of drug-likeness (QED) is 0.0945. The first-order chi connectivity index (χ1) is 20.0. The summed E-state index contributed by atoms with van der Waals surface area (Å²) in [5.74, 6) is -3.90. The van der Waals surface area contributed by atoms with Gasteiger partial charge in [-0.15, -0.1) is 0 Å². The molecule has 0 amide bonds. The first-order valence-electron chi connectivity index (χ1n) is 15.0. The van der Waals surface area contributed by atoms with Crippen LogP contribution in [0.15, 0.2) is 30.5 Å². The van der Waals surface area contributed by atoms with Gasteiger partial charge in [0.25, 0.3) is 0 Å². The van der Waals surface area contributed by atoms with E-state index in [2.05, 4.69) is 16.7 Å². The topological polar surface area (TPSA) is 206 Å². The molecule has 8 N–H and O–H groups in total. The van der Waals surface area contributed by atoms with Crippen LogP contribution in [0.5, 0.6) is 0 Å². The molecular formula is C29H42N3O10P. The van der Waals surface area contributed by atoms with Crippen molar-refractivity contribution in [2.45, 2.75) is 106 Å². The average molecular weight is 624 g/mol. The zero-order valence-electron chi connectivity index (χ0n) is 24.9. The van der Waals surface area contributed by atoms with Gasteiger partial charge in [0.15, 0.2) is 23.1 Å².